The minimum Gasteiger partial charge on any atom is -0.507 e. The zero-order valence-corrected chi connectivity index (χ0v) is 22.8. The van der Waals surface area contributed by atoms with Gasteiger partial charge in [0.05, 0.1) is 11.1 Å². The van der Waals surface area contributed by atoms with Gasteiger partial charge in [-0.1, -0.05) is 29.8 Å². The summed E-state index contributed by atoms with van der Waals surface area (Å²) in [4.78, 5) is 43.4. The highest BCUT2D eigenvalue weighted by atomic mass is 16.3. The van der Waals surface area contributed by atoms with Crippen LogP contribution < -0.4 is 10.6 Å². The molecule has 0 spiro atoms. The Morgan fingerprint density at radius 3 is 2.35 bits per heavy atom. The Labute approximate surface area is 232 Å². The Hall–Kier alpha value is -3.95. The van der Waals surface area contributed by atoms with Gasteiger partial charge in [0.2, 0.25) is 11.6 Å². The quantitative estimate of drug-likeness (QED) is 0.340. The molecule has 6 rings (SSSR count). The van der Waals surface area contributed by atoms with Crippen LogP contribution in [0.5, 0.6) is 5.75 Å². The Kier molecular flexibility index (Phi) is 5.94. The van der Waals surface area contributed by atoms with Gasteiger partial charge >= 0.3 is 0 Å². The van der Waals surface area contributed by atoms with E-state index in [0.29, 0.717) is 29.7 Å². The van der Waals surface area contributed by atoms with E-state index in [2.05, 4.69) is 17.0 Å². The van der Waals surface area contributed by atoms with Crippen LogP contribution >= 0.6 is 0 Å². The molecule has 0 bridgehead atoms. The molecule has 3 atom stereocenters. The number of allylic oxidation sites excluding steroid dienone is 1. The Bertz CT molecular complexity index is 1550. The lowest BCUT2D eigenvalue weighted by atomic mass is 9.58. The topological polar surface area (TPSA) is 144 Å². The maximum Gasteiger partial charge on any atom is 0.252 e. The normalized spacial score (nSPS) is 25.9. The number of phenols is 1. The number of nitrogens with two attached hydrogens (primary N) is 1. The van der Waals surface area contributed by atoms with E-state index in [4.69, 9.17) is 5.73 Å². The molecule has 1 heterocycles. The summed E-state index contributed by atoms with van der Waals surface area (Å²) in [7, 11) is 3.78. The molecule has 3 aliphatic carbocycles. The molecule has 4 aliphatic rings. The lowest BCUT2D eigenvalue weighted by Crippen LogP contribution is -2.61. The number of benzene rings is 2. The van der Waals surface area contributed by atoms with Crippen LogP contribution in [0.15, 0.2) is 47.1 Å². The van der Waals surface area contributed by atoms with Crippen molar-refractivity contribution >= 4 is 28.9 Å². The van der Waals surface area contributed by atoms with Crippen LogP contribution in [0.1, 0.15) is 47.6 Å². The van der Waals surface area contributed by atoms with Gasteiger partial charge in [0.15, 0.2) is 5.60 Å². The molecule has 1 fully saturated rings. The average molecular weight is 544 g/mol. The van der Waals surface area contributed by atoms with E-state index in [0.717, 1.165) is 18.8 Å². The van der Waals surface area contributed by atoms with Gasteiger partial charge in [-0.05, 0) is 54.9 Å². The molecule has 0 saturated heterocycles. The number of carbonyl (C=O) groups excluding carboxylic acids is 3. The van der Waals surface area contributed by atoms with E-state index in [-0.39, 0.29) is 35.3 Å². The molecule has 0 aromatic heterocycles. The first-order valence-electron chi connectivity index (χ1n) is 13.5. The molecule has 9 nitrogen and oxygen atoms in total. The number of fused-ring (bicyclic) bond motifs is 4. The fourth-order valence-corrected chi connectivity index (χ4v) is 7.26. The summed E-state index contributed by atoms with van der Waals surface area (Å²) >= 11 is 0. The highest BCUT2D eigenvalue weighted by molar-refractivity contribution is 6.32. The van der Waals surface area contributed by atoms with Crippen molar-refractivity contribution in [1.29, 1.82) is 0 Å². The van der Waals surface area contributed by atoms with Crippen molar-refractivity contribution in [3.63, 3.8) is 0 Å². The second-order valence-corrected chi connectivity index (χ2v) is 11.8. The lowest BCUT2D eigenvalue weighted by Gasteiger charge is -2.46. The molecule has 9 heteroatoms. The van der Waals surface area contributed by atoms with Crippen LogP contribution in [-0.2, 0) is 40.4 Å². The number of rotatable bonds is 4. The molecule has 40 heavy (non-hydrogen) atoms. The van der Waals surface area contributed by atoms with Crippen molar-refractivity contribution < 1.29 is 29.7 Å². The summed E-state index contributed by atoms with van der Waals surface area (Å²) in [5, 5.41) is 34.7. The summed E-state index contributed by atoms with van der Waals surface area (Å²) in [6.45, 7) is 3.49. The second kappa shape index (κ2) is 9.04. The number of hydrogen-bond acceptors (Lipinski definition) is 8. The molecule has 0 unspecified atom stereocenters. The first-order chi connectivity index (χ1) is 18.9. The summed E-state index contributed by atoms with van der Waals surface area (Å²) in [5.74, 6) is -4.66. The smallest absolute Gasteiger partial charge is 0.252 e. The second-order valence-electron chi connectivity index (χ2n) is 11.8. The molecule has 5 N–H and O–H groups in total. The largest absolute Gasteiger partial charge is 0.507 e. The van der Waals surface area contributed by atoms with E-state index in [1.165, 1.54) is 11.1 Å². The number of ketones is 2. The minimum absolute atomic E-state index is 0.0753. The van der Waals surface area contributed by atoms with Crippen molar-refractivity contribution in [2.45, 2.75) is 51.4 Å². The fourth-order valence-electron chi connectivity index (χ4n) is 7.26. The van der Waals surface area contributed by atoms with E-state index in [1.807, 2.05) is 37.2 Å². The van der Waals surface area contributed by atoms with Crippen LogP contribution in [0.2, 0.25) is 0 Å². The van der Waals surface area contributed by atoms with Crippen molar-refractivity contribution in [3.8, 4) is 5.75 Å². The van der Waals surface area contributed by atoms with Gasteiger partial charge in [-0.15, -0.1) is 0 Å². The van der Waals surface area contributed by atoms with Crippen molar-refractivity contribution in [3.05, 3.63) is 74.9 Å². The Morgan fingerprint density at radius 1 is 1.10 bits per heavy atom. The van der Waals surface area contributed by atoms with Gasteiger partial charge in [0, 0.05) is 56.5 Å². The molecule has 2 aromatic carbocycles. The van der Waals surface area contributed by atoms with Gasteiger partial charge in [-0.3, -0.25) is 19.3 Å². The molecule has 1 amide bonds. The predicted molar refractivity (Wildman–Crippen MR) is 148 cm³/mol. The van der Waals surface area contributed by atoms with E-state index in [9.17, 15) is 29.7 Å². The van der Waals surface area contributed by atoms with Crippen molar-refractivity contribution in [2.24, 2.45) is 17.6 Å². The number of anilines is 1. The third-order valence-corrected chi connectivity index (χ3v) is 9.15. The molecule has 0 radical (unpaired) electrons. The number of amides is 1. The molecular formula is C31H33N3O6. The zero-order valence-electron chi connectivity index (χ0n) is 22.8. The number of Topliss-reactive ketones (excluding diaryl/α,β-unsaturated/α-hetero) is 2. The molecule has 2 aromatic rings. The lowest BCUT2D eigenvalue weighted by molar-refractivity contribution is -0.157. The summed E-state index contributed by atoms with van der Waals surface area (Å²) in [6, 6.07) is 10.1. The van der Waals surface area contributed by atoms with E-state index < -0.39 is 40.7 Å². The molecule has 1 saturated carbocycles. The number of aromatic hydroxyl groups is 1. The van der Waals surface area contributed by atoms with Gasteiger partial charge in [-0.25, -0.2) is 0 Å². The van der Waals surface area contributed by atoms with E-state index >= 15 is 0 Å². The number of hydrogen-bond donors (Lipinski definition) is 4. The number of primary amides is 1. The maximum atomic E-state index is 13.9. The summed E-state index contributed by atoms with van der Waals surface area (Å²) in [6.07, 6.45) is 0.785. The van der Waals surface area contributed by atoms with Crippen LogP contribution in [0.4, 0.5) is 5.69 Å². The van der Waals surface area contributed by atoms with Gasteiger partial charge in [0.25, 0.3) is 5.91 Å². The number of carbonyl (C=O) groups is 3. The van der Waals surface area contributed by atoms with Gasteiger partial charge in [-0.2, -0.15) is 0 Å². The maximum absolute atomic E-state index is 13.9. The van der Waals surface area contributed by atoms with Gasteiger partial charge < -0.3 is 26.0 Å². The fraction of sp³-hybridized carbons (Fsp3) is 0.387. The highest BCUT2D eigenvalue weighted by Gasteiger charge is 2.61. The number of phenolic OH excluding ortho intramolecular Hbond substituents is 1. The SMILES string of the molecule is CC1=C(C(N)=O)C(=O)[C@@]2(O)C(=O)C3=C(O)c4c(O)c(CN5Cc6ccccc6C5)cc(N(C)C)c4C[C@H]3C[C@H]2C1. The monoisotopic (exact) mass is 543 g/mol. The molecular weight excluding hydrogens is 510 g/mol. The third kappa shape index (κ3) is 3.64. The van der Waals surface area contributed by atoms with Gasteiger partial charge in [0.1, 0.15) is 11.5 Å². The Morgan fingerprint density at radius 2 is 1.75 bits per heavy atom. The van der Waals surface area contributed by atoms with E-state index in [1.54, 1.807) is 6.92 Å². The number of aliphatic hydroxyl groups excluding tert-OH is 1. The highest BCUT2D eigenvalue weighted by Crippen LogP contribution is 2.53. The Balaban J connectivity index is 1.44. The summed E-state index contributed by atoms with van der Waals surface area (Å²) in [5.41, 5.74) is 7.72. The average Bonchev–Trinajstić information content (AvgIpc) is 3.30. The van der Waals surface area contributed by atoms with Crippen LogP contribution in [0.25, 0.3) is 5.76 Å². The number of aliphatic hydroxyl groups is 2. The van der Waals surface area contributed by atoms with Crippen molar-refractivity contribution in [2.75, 3.05) is 19.0 Å². The van der Waals surface area contributed by atoms with Crippen LogP contribution in [0, 0.1) is 11.8 Å². The molecule has 1 aliphatic heterocycles. The van der Waals surface area contributed by atoms with Crippen LogP contribution in [0.3, 0.4) is 0 Å². The van der Waals surface area contributed by atoms with Crippen molar-refractivity contribution in [1.82, 2.24) is 4.90 Å². The first-order valence-corrected chi connectivity index (χ1v) is 13.5. The zero-order chi connectivity index (χ0) is 28.7. The first kappa shape index (κ1) is 26.3. The molecule has 208 valence electrons. The number of nitrogens with zero attached hydrogens (tertiary/aromatic N) is 2. The summed E-state index contributed by atoms with van der Waals surface area (Å²) < 4.78 is 0. The standard InChI is InChI=1S/C31H33N3O6/c1-15-8-20-9-18-10-21-22(33(2)3)11-19(14-34-12-16-6-4-5-7-17(16)13-34)26(35)25(21)27(36)24(18)29(38)31(20,40)28(37)23(15)30(32)39/h4-7,11,18,20,35-36,40H,8-10,12-14H2,1-3H3,(H2,32,39)/t18-,20-,31-/m1/s1. The van der Waals surface area contributed by atoms with Crippen LogP contribution in [-0.4, -0.2) is 57.4 Å². The predicted octanol–water partition coefficient (Wildman–Crippen LogP) is 2.51. The third-order valence-electron chi connectivity index (χ3n) is 9.15. The minimum atomic E-state index is -2.49.